The summed E-state index contributed by atoms with van der Waals surface area (Å²) in [5.41, 5.74) is 0. The monoisotopic (exact) mass is 314 g/mol. The molecule has 1 unspecified atom stereocenters. The van der Waals surface area contributed by atoms with Gasteiger partial charge in [-0.2, -0.15) is 6.92 Å². The van der Waals surface area contributed by atoms with Gasteiger partial charge in [0.15, 0.2) is 0 Å². The summed E-state index contributed by atoms with van der Waals surface area (Å²) in [6.07, 6.45) is 3.26. The molecule has 17 heavy (non-hydrogen) atoms. The van der Waals surface area contributed by atoms with Gasteiger partial charge in [0, 0.05) is 32.7 Å². The molecule has 0 heterocycles. The van der Waals surface area contributed by atoms with Gasteiger partial charge in [0.2, 0.25) is 0 Å². The minimum Gasteiger partial charge on any atom is -0.656 e. The molecule has 99 valence electrons. The van der Waals surface area contributed by atoms with E-state index in [0.717, 1.165) is 17.8 Å². The molecule has 1 aliphatic carbocycles. The predicted octanol–water partition coefficient (Wildman–Crippen LogP) is 4.06. The molecule has 0 saturated heterocycles. The number of hydrogen-bond donors (Lipinski definition) is 0. The Balaban J connectivity index is 0. The molecule has 1 aliphatic rings. The van der Waals surface area contributed by atoms with Crippen molar-refractivity contribution in [2.75, 3.05) is 7.05 Å². The van der Waals surface area contributed by atoms with Crippen LogP contribution in [0.3, 0.4) is 0 Å². The van der Waals surface area contributed by atoms with Crippen molar-refractivity contribution in [3.8, 4) is 0 Å². The quantitative estimate of drug-likeness (QED) is 0.723. The maximum atomic E-state index is 11.2. The molecule has 1 rings (SSSR count). The molecule has 1 fully saturated rings. The summed E-state index contributed by atoms with van der Waals surface area (Å²) < 4.78 is 0. The first-order chi connectivity index (χ1) is 7.56. The maximum absolute atomic E-state index is 11.2. The van der Waals surface area contributed by atoms with E-state index >= 15 is 0 Å². The Bertz CT molecular complexity index is 208. The van der Waals surface area contributed by atoms with Gasteiger partial charge in [-0.1, -0.05) is 27.2 Å². The second kappa shape index (κ2) is 10.5. The Labute approximate surface area is 133 Å². The molecule has 2 nitrogen and oxygen atoms in total. The molecule has 1 amide bonds. The molecule has 0 aromatic carbocycles. The Morgan fingerprint density at radius 1 is 1.35 bits per heavy atom. The zero-order chi connectivity index (χ0) is 12.7. The van der Waals surface area contributed by atoms with Gasteiger partial charge in [-0.05, 0) is 36.5 Å². The number of hydrogen-bond acceptors (Lipinski definition) is 1. The van der Waals surface area contributed by atoms with Gasteiger partial charge >= 0.3 is 0 Å². The molecule has 3 heteroatoms. The van der Waals surface area contributed by atoms with E-state index in [2.05, 4.69) is 33.0 Å². The topological polar surface area (TPSA) is 31.2 Å². The predicted molar refractivity (Wildman–Crippen MR) is 70.2 cm³/mol. The van der Waals surface area contributed by atoms with Crippen LogP contribution in [0.1, 0.15) is 47.0 Å². The van der Waals surface area contributed by atoms with Crippen LogP contribution in [0.15, 0.2) is 0 Å². The van der Waals surface area contributed by atoms with Gasteiger partial charge in [0.25, 0.3) is 0 Å². The minimum absolute atomic E-state index is 0. The zero-order valence-corrected chi connectivity index (χ0v) is 14.9. The normalized spacial score (nSPS) is 28.5. The van der Waals surface area contributed by atoms with Gasteiger partial charge in [-0.15, -0.1) is 7.05 Å². The first kappa shape index (κ1) is 19.9. The van der Waals surface area contributed by atoms with E-state index in [1.807, 2.05) is 0 Å². The van der Waals surface area contributed by atoms with Crippen molar-refractivity contribution < 1.29 is 37.5 Å². The number of rotatable bonds is 3. The SMILES string of the molecule is C[N-]C(=O)CC(C)[C@H]1CC[C@@H](C)[C@H]1C.[CH2-]C.[Y]. The van der Waals surface area contributed by atoms with Gasteiger partial charge in [0.1, 0.15) is 0 Å². The van der Waals surface area contributed by atoms with E-state index in [0.29, 0.717) is 12.3 Å². The first-order valence-electron chi connectivity index (χ1n) is 6.39. The second-order valence-corrected chi connectivity index (χ2v) is 4.88. The van der Waals surface area contributed by atoms with Gasteiger partial charge in [-0.3, -0.25) is 0 Å². The van der Waals surface area contributed by atoms with Crippen LogP contribution in [0.2, 0.25) is 0 Å². The van der Waals surface area contributed by atoms with E-state index in [-0.39, 0.29) is 38.6 Å². The molecule has 0 spiro atoms. The molecule has 0 aliphatic heterocycles. The minimum atomic E-state index is 0. The number of carbonyl (C=O) groups is 1. The summed E-state index contributed by atoms with van der Waals surface area (Å²) in [4.78, 5) is 11.2. The third-order valence-corrected chi connectivity index (χ3v) is 4.01. The molecule has 1 radical (unpaired) electrons. The molecule has 4 atom stereocenters. The van der Waals surface area contributed by atoms with Crippen LogP contribution in [0.5, 0.6) is 0 Å². The average Bonchev–Trinajstić information content (AvgIpc) is 2.62. The number of nitrogens with zero attached hydrogens (tertiary/aromatic N) is 1. The van der Waals surface area contributed by atoms with E-state index in [4.69, 9.17) is 0 Å². The van der Waals surface area contributed by atoms with Gasteiger partial charge < -0.3 is 17.0 Å². The second-order valence-electron chi connectivity index (χ2n) is 4.88. The van der Waals surface area contributed by atoms with Crippen LogP contribution in [-0.2, 0) is 37.5 Å². The van der Waals surface area contributed by atoms with Crippen LogP contribution >= 0.6 is 0 Å². The van der Waals surface area contributed by atoms with E-state index in [1.165, 1.54) is 12.8 Å². The Hall–Kier alpha value is 0.574. The Morgan fingerprint density at radius 2 is 1.88 bits per heavy atom. The van der Waals surface area contributed by atoms with Crippen LogP contribution in [0.4, 0.5) is 0 Å². The van der Waals surface area contributed by atoms with Crippen molar-refractivity contribution >= 4 is 5.91 Å². The van der Waals surface area contributed by atoms with Crippen molar-refractivity contribution in [1.82, 2.24) is 0 Å². The Kier molecular flexibility index (Phi) is 12.3. The molecule has 1 saturated carbocycles. The largest absolute Gasteiger partial charge is 0.656 e. The fourth-order valence-corrected chi connectivity index (χ4v) is 2.72. The Morgan fingerprint density at radius 3 is 2.24 bits per heavy atom. The van der Waals surface area contributed by atoms with Crippen molar-refractivity contribution in [2.24, 2.45) is 23.7 Å². The van der Waals surface area contributed by atoms with Crippen LogP contribution in [0.25, 0.3) is 5.32 Å². The summed E-state index contributed by atoms with van der Waals surface area (Å²) in [6, 6.07) is 0. The standard InChI is InChI=1S/C12H23NO.C2H5.Y/c1-8-5-6-11(10(8)3)9(2)7-12(14)13-4;1-2;/h8-11H,5-7H2,1-4H3,(H,13,14);1H2,2H3;/q;-1;/p-1/t8-,9?,10-,11-;;/m1../s1. The fraction of sp³-hybridized carbons (Fsp3) is 0.857. The van der Waals surface area contributed by atoms with E-state index in [9.17, 15) is 4.79 Å². The van der Waals surface area contributed by atoms with Crippen molar-refractivity contribution in [2.45, 2.75) is 47.0 Å². The summed E-state index contributed by atoms with van der Waals surface area (Å²) in [6.45, 7) is 11.8. The summed E-state index contributed by atoms with van der Waals surface area (Å²) in [7, 11) is 1.59. The summed E-state index contributed by atoms with van der Waals surface area (Å²) in [5, 5.41) is 3.71. The third-order valence-electron chi connectivity index (χ3n) is 4.01. The molecule has 0 N–H and O–H groups in total. The van der Waals surface area contributed by atoms with Crippen molar-refractivity contribution in [1.29, 1.82) is 0 Å². The van der Waals surface area contributed by atoms with Crippen molar-refractivity contribution in [3.05, 3.63) is 12.2 Å². The summed E-state index contributed by atoms with van der Waals surface area (Å²) >= 11 is 0. The summed E-state index contributed by atoms with van der Waals surface area (Å²) in [5.74, 6) is 2.90. The fourth-order valence-electron chi connectivity index (χ4n) is 2.72. The van der Waals surface area contributed by atoms with Crippen LogP contribution in [-0.4, -0.2) is 13.0 Å². The first-order valence-corrected chi connectivity index (χ1v) is 6.39. The molecule has 0 bridgehead atoms. The number of carbonyl (C=O) groups excluding carboxylic acids is 1. The van der Waals surface area contributed by atoms with Crippen molar-refractivity contribution in [3.63, 3.8) is 0 Å². The molecule has 0 aromatic heterocycles. The zero-order valence-electron chi connectivity index (χ0n) is 12.1. The van der Waals surface area contributed by atoms with Crippen LogP contribution < -0.4 is 0 Å². The molecular weight excluding hydrogens is 287 g/mol. The third kappa shape index (κ3) is 6.33. The number of amides is 1. The molecule has 0 aromatic rings. The van der Waals surface area contributed by atoms with E-state index < -0.39 is 0 Å². The van der Waals surface area contributed by atoms with Gasteiger partial charge in [-0.25, -0.2) is 0 Å². The smallest absolute Gasteiger partial charge is 0.0512 e. The van der Waals surface area contributed by atoms with Crippen LogP contribution in [0, 0.1) is 30.6 Å². The molecular formula is C14H27NOY-2. The maximum Gasteiger partial charge on any atom is 0.0512 e. The van der Waals surface area contributed by atoms with E-state index in [1.54, 1.807) is 14.0 Å². The average molecular weight is 314 g/mol. The van der Waals surface area contributed by atoms with Gasteiger partial charge in [0.05, 0.1) is 5.91 Å².